The summed E-state index contributed by atoms with van der Waals surface area (Å²) in [5.41, 5.74) is 0. The van der Waals surface area contributed by atoms with Crippen LogP contribution in [0, 0.1) is 0 Å². The lowest BCUT2D eigenvalue weighted by atomic mass is 9.97. The summed E-state index contributed by atoms with van der Waals surface area (Å²) in [5.74, 6) is 0. The van der Waals surface area contributed by atoms with E-state index in [-0.39, 0.29) is 0 Å². The van der Waals surface area contributed by atoms with Crippen molar-refractivity contribution >= 4 is 0 Å². The number of aliphatic hydroxyl groups excluding tert-OH is 7. The lowest BCUT2D eigenvalue weighted by Gasteiger charge is -2.45. The first kappa shape index (κ1) is 19.9. The molecule has 0 aromatic carbocycles. The van der Waals surface area contributed by atoms with Gasteiger partial charge in [0.05, 0.1) is 13.2 Å². The van der Waals surface area contributed by atoms with Gasteiger partial charge in [-0.25, -0.2) is 0 Å². The summed E-state index contributed by atoms with van der Waals surface area (Å²) >= 11 is 0. The number of methoxy groups -OCH3 is 1. The molecule has 0 aromatic heterocycles. The van der Waals surface area contributed by atoms with Crippen LogP contribution in [0.3, 0.4) is 0 Å². The zero-order valence-corrected chi connectivity index (χ0v) is 13.0. The lowest BCUT2D eigenvalue weighted by Crippen LogP contribution is -2.64. The zero-order valence-electron chi connectivity index (χ0n) is 13.0. The van der Waals surface area contributed by atoms with E-state index in [1.807, 2.05) is 0 Å². The number of rotatable bonds is 5. The van der Waals surface area contributed by atoms with Gasteiger partial charge in [0, 0.05) is 7.11 Å². The third kappa shape index (κ3) is 3.71. The summed E-state index contributed by atoms with van der Waals surface area (Å²) in [4.78, 5) is 0. The SMILES string of the molecule is CO[C@@H]1O[C@H](CO)[C@@H](O[C@@H]2O[C@H](CO)[C@@H](O)[C@H](O)[C@H]2O)[C@H](O)[C@H]1O. The van der Waals surface area contributed by atoms with Crippen molar-refractivity contribution in [2.75, 3.05) is 20.3 Å². The van der Waals surface area contributed by atoms with Gasteiger partial charge >= 0.3 is 0 Å². The number of hydrogen-bond donors (Lipinski definition) is 7. The maximum absolute atomic E-state index is 10.2. The number of ether oxygens (including phenoxy) is 4. The smallest absolute Gasteiger partial charge is 0.187 e. The van der Waals surface area contributed by atoms with Crippen LogP contribution in [0.1, 0.15) is 0 Å². The van der Waals surface area contributed by atoms with Crippen LogP contribution in [0.15, 0.2) is 0 Å². The highest BCUT2D eigenvalue weighted by Crippen LogP contribution is 2.29. The van der Waals surface area contributed by atoms with E-state index in [1.54, 1.807) is 0 Å². The largest absolute Gasteiger partial charge is 0.394 e. The summed E-state index contributed by atoms with van der Waals surface area (Å²) in [6, 6.07) is 0. The van der Waals surface area contributed by atoms with E-state index in [2.05, 4.69) is 0 Å². The van der Waals surface area contributed by atoms with E-state index in [0.29, 0.717) is 0 Å². The Balaban J connectivity index is 2.12. The van der Waals surface area contributed by atoms with Crippen molar-refractivity contribution in [3.63, 3.8) is 0 Å². The first-order chi connectivity index (χ1) is 11.3. The van der Waals surface area contributed by atoms with E-state index in [9.17, 15) is 30.6 Å². The normalized spacial score (nSPS) is 50.0. The molecule has 0 aromatic rings. The topological polar surface area (TPSA) is 179 Å². The second-order valence-electron chi connectivity index (χ2n) is 5.74. The summed E-state index contributed by atoms with van der Waals surface area (Å²) < 4.78 is 20.6. The first-order valence-corrected chi connectivity index (χ1v) is 7.46. The summed E-state index contributed by atoms with van der Waals surface area (Å²) in [7, 11) is 1.24. The van der Waals surface area contributed by atoms with Crippen LogP contribution < -0.4 is 0 Å². The Bertz CT molecular complexity index is 392. The molecule has 24 heavy (non-hydrogen) atoms. The van der Waals surface area contributed by atoms with Gasteiger partial charge in [-0.3, -0.25) is 0 Å². The molecule has 2 rings (SSSR count). The molecule has 2 heterocycles. The molecule has 2 saturated heterocycles. The maximum atomic E-state index is 10.2. The van der Waals surface area contributed by atoms with Gasteiger partial charge < -0.3 is 54.7 Å². The Hall–Kier alpha value is -0.440. The minimum atomic E-state index is -1.69. The molecule has 0 radical (unpaired) electrons. The molecular formula is C13H24O11. The fourth-order valence-corrected chi connectivity index (χ4v) is 2.75. The highest BCUT2D eigenvalue weighted by atomic mass is 16.7. The van der Waals surface area contributed by atoms with Gasteiger partial charge in [-0.05, 0) is 0 Å². The van der Waals surface area contributed by atoms with Crippen LogP contribution >= 0.6 is 0 Å². The predicted molar refractivity (Wildman–Crippen MR) is 73.4 cm³/mol. The van der Waals surface area contributed by atoms with Crippen molar-refractivity contribution in [1.82, 2.24) is 0 Å². The summed E-state index contributed by atoms with van der Waals surface area (Å²) in [5, 5.41) is 68.0. The van der Waals surface area contributed by atoms with E-state index in [0.717, 1.165) is 0 Å². The molecule has 11 nitrogen and oxygen atoms in total. The second-order valence-corrected chi connectivity index (χ2v) is 5.74. The third-order valence-corrected chi connectivity index (χ3v) is 4.19. The second kappa shape index (κ2) is 8.29. The van der Waals surface area contributed by atoms with Gasteiger partial charge in [-0.2, -0.15) is 0 Å². The number of aliphatic hydroxyl groups is 7. The molecule has 2 aliphatic heterocycles. The molecule has 0 saturated carbocycles. The highest BCUT2D eigenvalue weighted by molar-refractivity contribution is 4.93. The van der Waals surface area contributed by atoms with Gasteiger partial charge in [0.2, 0.25) is 0 Å². The minimum Gasteiger partial charge on any atom is -0.394 e. The van der Waals surface area contributed by atoms with E-state index >= 15 is 0 Å². The van der Waals surface area contributed by atoms with Crippen LogP contribution in [0.4, 0.5) is 0 Å². The van der Waals surface area contributed by atoms with Crippen molar-refractivity contribution in [2.24, 2.45) is 0 Å². The highest BCUT2D eigenvalue weighted by Gasteiger charge is 2.50. The minimum absolute atomic E-state index is 0.592. The van der Waals surface area contributed by atoms with Gasteiger partial charge in [-0.1, -0.05) is 0 Å². The molecule has 0 amide bonds. The van der Waals surface area contributed by atoms with E-state index in [1.165, 1.54) is 7.11 Å². The average Bonchev–Trinajstić information content (AvgIpc) is 2.59. The van der Waals surface area contributed by atoms with Gasteiger partial charge in [0.25, 0.3) is 0 Å². The molecular weight excluding hydrogens is 332 g/mol. The average molecular weight is 356 g/mol. The summed E-state index contributed by atoms with van der Waals surface area (Å²) in [6.07, 6.45) is -14.3. The van der Waals surface area contributed by atoms with Crippen LogP contribution in [-0.4, -0.2) is 117 Å². The first-order valence-electron chi connectivity index (χ1n) is 7.46. The van der Waals surface area contributed by atoms with Crippen molar-refractivity contribution < 1.29 is 54.7 Å². The molecule has 2 aliphatic rings. The molecule has 0 unspecified atom stereocenters. The maximum Gasteiger partial charge on any atom is 0.187 e. The molecule has 7 N–H and O–H groups in total. The van der Waals surface area contributed by atoms with Crippen molar-refractivity contribution in [3.05, 3.63) is 0 Å². The predicted octanol–water partition coefficient (Wildman–Crippen LogP) is -4.74. The van der Waals surface area contributed by atoms with Crippen LogP contribution in [-0.2, 0) is 18.9 Å². The standard InChI is InChI=1S/C13H24O11/c1-21-12-10(20)8(18)11(5(3-15)23-12)24-13-9(19)7(17)6(16)4(2-14)22-13/h4-20H,2-3H2,1H3/t4-,5-,6-,7+,8-,9-,10-,11-,12-,13+/m1/s1. The lowest BCUT2D eigenvalue weighted by molar-refractivity contribution is -0.357. The molecule has 0 bridgehead atoms. The fraction of sp³-hybridized carbons (Fsp3) is 1.00. The Morgan fingerprint density at radius 1 is 0.708 bits per heavy atom. The van der Waals surface area contributed by atoms with Crippen molar-refractivity contribution in [1.29, 1.82) is 0 Å². The monoisotopic (exact) mass is 356 g/mol. The van der Waals surface area contributed by atoms with Crippen LogP contribution in [0.25, 0.3) is 0 Å². The molecule has 10 atom stereocenters. The number of hydrogen-bond acceptors (Lipinski definition) is 11. The Labute approximate surface area is 137 Å². The molecule has 11 heteroatoms. The van der Waals surface area contributed by atoms with Crippen molar-refractivity contribution in [3.8, 4) is 0 Å². The quantitative estimate of drug-likeness (QED) is 0.251. The Morgan fingerprint density at radius 3 is 1.79 bits per heavy atom. The molecule has 2 fully saturated rings. The Kier molecular flexibility index (Phi) is 6.87. The Morgan fingerprint density at radius 2 is 1.25 bits per heavy atom. The zero-order chi connectivity index (χ0) is 18.0. The molecule has 0 aliphatic carbocycles. The van der Waals surface area contributed by atoms with Crippen molar-refractivity contribution in [2.45, 2.75) is 61.4 Å². The fourth-order valence-electron chi connectivity index (χ4n) is 2.75. The molecule has 142 valence electrons. The van der Waals surface area contributed by atoms with Crippen LogP contribution in [0.2, 0.25) is 0 Å². The van der Waals surface area contributed by atoms with Gasteiger partial charge in [0.1, 0.15) is 48.8 Å². The van der Waals surface area contributed by atoms with E-state index in [4.69, 9.17) is 24.1 Å². The van der Waals surface area contributed by atoms with Crippen LogP contribution in [0.5, 0.6) is 0 Å². The van der Waals surface area contributed by atoms with Gasteiger partial charge in [-0.15, -0.1) is 0 Å². The van der Waals surface area contributed by atoms with Gasteiger partial charge in [0.15, 0.2) is 12.6 Å². The van der Waals surface area contributed by atoms with E-state index < -0.39 is 74.6 Å². The third-order valence-electron chi connectivity index (χ3n) is 4.19. The summed E-state index contributed by atoms with van der Waals surface area (Å²) in [6.45, 7) is -1.24. The molecule has 0 spiro atoms.